The van der Waals surface area contributed by atoms with Gasteiger partial charge in [-0.25, -0.2) is 0 Å². The quantitative estimate of drug-likeness (QED) is 0.847. The second-order valence-corrected chi connectivity index (χ2v) is 4.92. The molecule has 2 rings (SSSR count). The Bertz CT molecular complexity index is 350. The molecule has 2 N–H and O–H groups in total. The van der Waals surface area contributed by atoms with Crippen molar-refractivity contribution >= 4 is 0 Å². The van der Waals surface area contributed by atoms with Crippen LogP contribution in [-0.2, 0) is 11.2 Å². The molecule has 0 saturated carbocycles. The fourth-order valence-corrected chi connectivity index (χ4v) is 2.39. The summed E-state index contributed by atoms with van der Waals surface area (Å²) in [5.41, 5.74) is 8.81. The molecule has 1 aliphatic rings. The molecule has 0 bridgehead atoms. The largest absolute Gasteiger partial charge is 0.374 e. The predicted octanol–water partition coefficient (Wildman–Crippen LogP) is 2.43. The Morgan fingerprint density at radius 2 is 2.25 bits per heavy atom. The number of hydrogen-bond acceptors (Lipinski definition) is 2. The third-order valence-electron chi connectivity index (χ3n) is 3.30. The van der Waals surface area contributed by atoms with E-state index in [9.17, 15) is 0 Å². The number of hydrogen-bond donors (Lipinski definition) is 1. The lowest BCUT2D eigenvalue weighted by molar-refractivity contribution is 0.0404. The first-order valence-corrected chi connectivity index (χ1v) is 6.12. The standard InChI is InChI=1S/C14H21NO/c1-10-4-3-5-12(8-10)9-13(15)14-7-6-11(2)16-14/h3-5,8,11,13-14H,6-7,9,15H2,1-2H3. The van der Waals surface area contributed by atoms with Gasteiger partial charge in [-0.05, 0) is 38.7 Å². The van der Waals surface area contributed by atoms with Crippen LogP contribution in [-0.4, -0.2) is 18.2 Å². The normalized spacial score (nSPS) is 26.9. The third kappa shape index (κ3) is 2.83. The molecule has 16 heavy (non-hydrogen) atoms. The minimum absolute atomic E-state index is 0.131. The van der Waals surface area contributed by atoms with Gasteiger partial charge in [-0.15, -0.1) is 0 Å². The van der Waals surface area contributed by atoms with E-state index < -0.39 is 0 Å². The van der Waals surface area contributed by atoms with E-state index in [1.807, 2.05) is 0 Å². The molecular formula is C14H21NO. The summed E-state index contributed by atoms with van der Waals surface area (Å²) in [5.74, 6) is 0. The first-order valence-electron chi connectivity index (χ1n) is 6.12. The van der Waals surface area contributed by atoms with Gasteiger partial charge in [0.25, 0.3) is 0 Å². The van der Waals surface area contributed by atoms with E-state index in [0.29, 0.717) is 6.10 Å². The number of nitrogens with two attached hydrogens (primary N) is 1. The summed E-state index contributed by atoms with van der Waals surface area (Å²) in [6.45, 7) is 4.24. The Hall–Kier alpha value is -0.860. The highest BCUT2D eigenvalue weighted by Gasteiger charge is 2.27. The summed E-state index contributed by atoms with van der Waals surface area (Å²) < 4.78 is 5.80. The first kappa shape index (κ1) is 11.6. The summed E-state index contributed by atoms with van der Waals surface area (Å²) in [6, 6.07) is 8.69. The van der Waals surface area contributed by atoms with Gasteiger partial charge in [0.1, 0.15) is 0 Å². The van der Waals surface area contributed by atoms with Crippen molar-refractivity contribution in [1.82, 2.24) is 0 Å². The van der Waals surface area contributed by atoms with Crippen LogP contribution in [0.15, 0.2) is 24.3 Å². The molecule has 1 heterocycles. The molecule has 2 heteroatoms. The fraction of sp³-hybridized carbons (Fsp3) is 0.571. The van der Waals surface area contributed by atoms with Gasteiger partial charge in [0.2, 0.25) is 0 Å². The van der Waals surface area contributed by atoms with Crippen LogP contribution in [0, 0.1) is 6.92 Å². The van der Waals surface area contributed by atoms with Gasteiger partial charge in [0.15, 0.2) is 0 Å². The highest BCUT2D eigenvalue weighted by atomic mass is 16.5. The minimum atomic E-state index is 0.131. The molecule has 0 aromatic heterocycles. The molecule has 1 saturated heterocycles. The second-order valence-electron chi connectivity index (χ2n) is 4.92. The molecule has 0 radical (unpaired) electrons. The molecule has 0 aliphatic carbocycles. The minimum Gasteiger partial charge on any atom is -0.374 e. The van der Waals surface area contributed by atoms with Crippen LogP contribution >= 0.6 is 0 Å². The molecular weight excluding hydrogens is 198 g/mol. The van der Waals surface area contributed by atoms with Crippen molar-refractivity contribution in [3.8, 4) is 0 Å². The maximum atomic E-state index is 6.20. The lowest BCUT2D eigenvalue weighted by Crippen LogP contribution is -2.36. The maximum absolute atomic E-state index is 6.20. The van der Waals surface area contributed by atoms with Crippen LogP contribution in [0.3, 0.4) is 0 Å². The van der Waals surface area contributed by atoms with Crippen LogP contribution in [0.4, 0.5) is 0 Å². The highest BCUT2D eigenvalue weighted by Crippen LogP contribution is 2.22. The Balaban J connectivity index is 1.94. The van der Waals surface area contributed by atoms with Crippen molar-refractivity contribution in [3.63, 3.8) is 0 Å². The predicted molar refractivity (Wildman–Crippen MR) is 66.4 cm³/mol. The van der Waals surface area contributed by atoms with Gasteiger partial charge in [-0.1, -0.05) is 29.8 Å². The van der Waals surface area contributed by atoms with Crippen LogP contribution in [0.5, 0.6) is 0 Å². The summed E-state index contributed by atoms with van der Waals surface area (Å²) in [4.78, 5) is 0. The summed E-state index contributed by atoms with van der Waals surface area (Å²) in [7, 11) is 0. The number of ether oxygens (including phenoxy) is 1. The van der Waals surface area contributed by atoms with E-state index in [1.165, 1.54) is 11.1 Å². The summed E-state index contributed by atoms with van der Waals surface area (Å²) >= 11 is 0. The van der Waals surface area contributed by atoms with Crippen molar-refractivity contribution < 1.29 is 4.74 Å². The Morgan fingerprint density at radius 1 is 1.44 bits per heavy atom. The van der Waals surface area contributed by atoms with Gasteiger partial charge in [0, 0.05) is 6.04 Å². The molecule has 0 amide bonds. The third-order valence-corrected chi connectivity index (χ3v) is 3.30. The monoisotopic (exact) mass is 219 g/mol. The van der Waals surface area contributed by atoms with Crippen LogP contribution < -0.4 is 5.73 Å². The molecule has 1 fully saturated rings. The Kier molecular flexibility index (Phi) is 3.62. The molecule has 1 aliphatic heterocycles. The van der Waals surface area contributed by atoms with Gasteiger partial charge in [0.05, 0.1) is 12.2 Å². The van der Waals surface area contributed by atoms with E-state index >= 15 is 0 Å². The topological polar surface area (TPSA) is 35.2 Å². The van der Waals surface area contributed by atoms with Crippen LogP contribution in [0.2, 0.25) is 0 Å². The van der Waals surface area contributed by atoms with Gasteiger partial charge < -0.3 is 10.5 Å². The Morgan fingerprint density at radius 3 is 2.88 bits per heavy atom. The number of aryl methyl sites for hydroxylation is 1. The summed E-state index contributed by atoms with van der Waals surface area (Å²) in [6.07, 6.45) is 3.79. The van der Waals surface area contributed by atoms with Gasteiger partial charge in [-0.2, -0.15) is 0 Å². The van der Waals surface area contributed by atoms with Crippen molar-refractivity contribution in [2.24, 2.45) is 5.73 Å². The Labute approximate surface area is 97.8 Å². The zero-order valence-corrected chi connectivity index (χ0v) is 10.1. The summed E-state index contributed by atoms with van der Waals surface area (Å²) in [5, 5.41) is 0. The lowest BCUT2D eigenvalue weighted by atomic mass is 9.99. The zero-order valence-electron chi connectivity index (χ0n) is 10.1. The van der Waals surface area contributed by atoms with Gasteiger partial charge in [-0.3, -0.25) is 0 Å². The first-order chi connectivity index (χ1) is 7.65. The fourth-order valence-electron chi connectivity index (χ4n) is 2.39. The van der Waals surface area contributed by atoms with Crippen molar-refractivity contribution in [3.05, 3.63) is 35.4 Å². The van der Waals surface area contributed by atoms with Crippen molar-refractivity contribution in [2.75, 3.05) is 0 Å². The molecule has 2 nitrogen and oxygen atoms in total. The molecule has 88 valence electrons. The van der Waals surface area contributed by atoms with E-state index in [2.05, 4.69) is 38.1 Å². The average Bonchev–Trinajstić information content (AvgIpc) is 2.65. The van der Waals surface area contributed by atoms with E-state index in [4.69, 9.17) is 10.5 Å². The number of rotatable bonds is 3. The van der Waals surface area contributed by atoms with E-state index in [-0.39, 0.29) is 12.1 Å². The molecule has 3 atom stereocenters. The van der Waals surface area contributed by atoms with Crippen LogP contribution in [0.1, 0.15) is 30.9 Å². The zero-order chi connectivity index (χ0) is 11.5. The highest BCUT2D eigenvalue weighted by molar-refractivity contribution is 5.23. The molecule has 0 spiro atoms. The molecule has 3 unspecified atom stereocenters. The number of benzene rings is 1. The van der Waals surface area contributed by atoms with E-state index in [0.717, 1.165) is 19.3 Å². The SMILES string of the molecule is Cc1cccc(CC(N)C2CCC(C)O2)c1. The molecule has 1 aromatic rings. The van der Waals surface area contributed by atoms with E-state index in [1.54, 1.807) is 0 Å². The van der Waals surface area contributed by atoms with Crippen molar-refractivity contribution in [2.45, 2.75) is 51.4 Å². The van der Waals surface area contributed by atoms with Crippen molar-refractivity contribution in [1.29, 1.82) is 0 Å². The second kappa shape index (κ2) is 4.98. The smallest absolute Gasteiger partial charge is 0.0733 e. The maximum Gasteiger partial charge on any atom is 0.0733 e. The molecule has 1 aromatic carbocycles. The lowest BCUT2D eigenvalue weighted by Gasteiger charge is -2.19. The average molecular weight is 219 g/mol. The van der Waals surface area contributed by atoms with Gasteiger partial charge >= 0.3 is 0 Å². The van der Waals surface area contributed by atoms with Crippen LogP contribution in [0.25, 0.3) is 0 Å².